The third-order valence-electron chi connectivity index (χ3n) is 4.34. The molecule has 0 amide bonds. The van der Waals surface area contributed by atoms with Crippen LogP contribution in [0.5, 0.6) is 0 Å². The van der Waals surface area contributed by atoms with Gasteiger partial charge >= 0.3 is 5.97 Å². The van der Waals surface area contributed by atoms with E-state index in [0.29, 0.717) is 19.0 Å². The number of nitrogens with one attached hydrogen (secondary N) is 2. The van der Waals surface area contributed by atoms with Crippen LogP contribution < -0.4 is 10.6 Å². The standard InChI is InChI=1S/C19H30N4O2/c1-3-20-19(21-12-9-18(24)25-2)22-17-10-13-23(14-11-17)15-16-7-5-4-6-8-16/h4-8,17H,3,9-15H2,1-2H3,(H2,20,21,22). The molecule has 0 unspecified atom stereocenters. The monoisotopic (exact) mass is 346 g/mol. The molecular formula is C19H30N4O2. The van der Waals surface area contributed by atoms with Crippen LogP contribution in [0.1, 0.15) is 31.7 Å². The summed E-state index contributed by atoms with van der Waals surface area (Å²) in [7, 11) is 1.40. The molecule has 0 bridgehead atoms. The molecule has 1 aliphatic rings. The lowest BCUT2D eigenvalue weighted by atomic mass is 10.0. The number of likely N-dealkylation sites (tertiary alicyclic amines) is 1. The predicted octanol–water partition coefficient (Wildman–Crippen LogP) is 1.77. The highest BCUT2D eigenvalue weighted by atomic mass is 16.5. The van der Waals surface area contributed by atoms with Gasteiger partial charge in [0, 0.05) is 32.2 Å². The van der Waals surface area contributed by atoms with Gasteiger partial charge in [-0.05, 0) is 25.3 Å². The van der Waals surface area contributed by atoms with Crippen LogP contribution in [-0.2, 0) is 16.1 Å². The number of guanidine groups is 1. The van der Waals surface area contributed by atoms with Crippen LogP contribution in [0.4, 0.5) is 0 Å². The molecule has 0 atom stereocenters. The van der Waals surface area contributed by atoms with Gasteiger partial charge < -0.3 is 15.4 Å². The molecule has 0 aromatic heterocycles. The molecule has 1 aliphatic heterocycles. The lowest BCUT2D eigenvalue weighted by molar-refractivity contribution is -0.140. The number of aliphatic imine (C=N–C) groups is 1. The van der Waals surface area contributed by atoms with E-state index >= 15 is 0 Å². The third-order valence-corrected chi connectivity index (χ3v) is 4.34. The number of hydrogen-bond donors (Lipinski definition) is 2. The van der Waals surface area contributed by atoms with E-state index in [4.69, 9.17) is 0 Å². The summed E-state index contributed by atoms with van der Waals surface area (Å²) in [6.45, 7) is 6.45. The zero-order chi connectivity index (χ0) is 17.9. The predicted molar refractivity (Wildman–Crippen MR) is 100 cm³/mol. The molecule has 2 N–H and O–H groups in total. The molecule has 1 aromatic rings. The number of methoxy groups -OCH3 is 1. The summed E-state index contributed by atoms with van der Waals surface area (Å²) >= 11 is 0. The fourth-order valence-electron chi connectivity index (χ4n) is 2.95. The van der Waals surface area contributed by atoms with Crippen molar-refractivity contribution in [1.29, 1.82) is 0 Å². The van der Waals surface area contributed by atoms with Crippen molar-refractivity contribution in [3.05, 3.63) is 35.9 Å². The molecule has 25 heavy (non-hydrogen) atoms. The van der Waals surface area contributed by atoms with Crippen LogP contribution in [0.3, 0.4) is 0 Å². The first-order valence-corrected chi connectivity index (χ1v) is 9.09. The highest BCUT2D eigenvalue weighted by Gasteiger charge is 2.20. The van der Waals surface area contributed by atoms with Gasteiger partial charge in [-0.25, -0.2) is 0 Å². The maximum atomic E-state index is 11.2. The Morgan fingerprint density at radius 2 is 2.00 bits per heavy atom. The molecule has 1 fully saturated rings. The Morgan fingerprint density at radius 3 is 2.64 bits per heavy atom. The maximum absolute atomic E-state index is 11.2. The summed E-state index contributed by atoms with van der Waals surface area (Å²) in [6.07, 6.45) is 2.49. The van der Waals surface area contributed by atoms with E-state index in [0.717, 1.165) is 45.0 Å². The Hall–Kier alpha value is -2.08. The highest BCUT2D eigenvalue weighted by Crippen LogP contribution is 2.13. The first kappa shape index (κ1) is 19.2. The smallest absolute Gasteiger partial charge is 0.307 e. The first-order valence-electron chi connectivity index (χ1n) is 9.09. The Labute approximate surface area is 150 Å². The quantitative estimate of drug-likeness (QED) is 0.447. The molecule has 1 saturated heterocycles. The van der Waals surface area contributed by atoms with Crippen molar-refractivity contribution in [3.8, 4) is 0 Å². The molecule has 1 aromatic carbocycles. The molecule has 1 heterocycles. The van der Waals surface area contributed by atoms with Crippen LogP contribution in [0.2, 0.25) is 0 Å². The van der Waals surface area contributed by atoms with E-state index in [1.807, 2.05) is 6.92 Å². The Balaban J connectivity index is 1.76. The fraction of sp³-hybridized carbons (Fsp3) is 0.579. The van der Waals surface area contributed by atoms with Gasteiger partial charge in [-0.2, -0.15) is 0 Å². The van der Waals surface area contributed by atoms with Crippen molar-refractivity contribution in [2.24, 2.45) is 4.99 Å². The van der Waals surface area contributed by atoms with Gasteiger partial charge in [0.1, 0.15) is 0 Å². The minimum absolute atomic E-state index is 0.228. The van der Waals surface area contributed by atoms with Crippen LogP contribution in [0, 0.1) is 0 Å². The van der Waals surface area contributed by atoms with Gasteiger partial charge in [0.15, 0.2) is 5.96 Å². The minimum Gasteiger partial charge on any atom is -0.469 e. The number of carbonyl (C=O) groups is 1. The Morgan fingerprint density at radius 1 is 1.28 bits per heavy atom. The number of esters is 1. The van der Waals surface area contributed by atoms with Gasteiger partial charge in [0.2, 0.25) is 0 Å². The zero-order valence-electron chi connectivity index (χ0n) is 15.3. The van der Waals surface area contributed by atoms with Gasteiger partial charge in [-0.15, -0.1) is 0 Å². The van der Waals surface area contributed by atoms with Gasteiger partial charge in [0.05, 0.1) is 20.1 Å². The van der Waals surface area contributed by atoms with Gasteiger partial charge in [-0.3, -0.25) is 14.7 Å². The number of ether oxygens (including phenoxy) is 1. The lowest BCUT2D eigenvalue weighted by Crippen LogP contribution is -2.48. The zero-order valence-corrected chi connectivity index (χ0v) is 15.3. The van der Waals surface area contributed by atoms with Crippen LogP contribution >= 0.6 is 0 Å². The lowest BCUT2D eigenvalue weighted by Gasteiger charge is -2.33. The van der Waals surface area contributed by atoms with E-state index in [-0.39, 0.29) is 5.97 Å². The normalized spacial score (nSPS) is 16.5. The number of carbonyl (C=O) groups excluding carboxylic acids is 1. The Kier molecular flexibility index (Phi) is 8.25. The summed E-state index contributed by atoms with van der Waals surface area (Å²) in [5, 5.41) is 6.74. The number of benzene rings is 1. The molecular weight excluding hydrogens is 316 g/mol. The van der Waals surface area contributed by atoms with Crippen molar-refractivity contribution in [3.63, 3.8) is 0 Å². The Bertz CT molecular complexity index is 540. The van der Waals surface area contributed by atoms with Crippen molar-refractivity contribution in [2.45, 2.75) is 38.8 Å². The third kappa shape index (κ3) is 7.13. The summed E-state index contributed by atoms with van der Waals surface area (Å²) in [4.78, 5) is 18.1. The second kappa shape index (κ2) is 10.7. The van der Waals surface area contributed by atoms with Crippen molar-refractivity contribution in [2.75, 3.05) is 33.3 Å². The van der Waals surface area contributed by atoms with Crippen molar-refractivity contribution >= 4 is 11.9 Å². The average molecular weight is 346 g/mol. The number of rotatable bonds is 7. The maximum Gasteiger partial charge on any atom is 0.307 e. The van der Waals surface area contributed by atoms with E-state index < -0.39 is 0 Å². The van der Waals surface area contributed by atoms with Crippen molar-refractivity contribution < 1.29 is 9.53 Å². The van der Waals surface area contributed by atoms with Crippen molar-refractivity contribution in [1.82, 2.24) is 15.5 Å². The second-order valence-electron chi connectivity index (χ2n) is 6.27. The number of piperidine rings is 1. The molecule has 0 aliphatic carbocycles. The van der Waals surface area contributed by atoms with Crippen LogP contribution in [0.25, 0.3) is 0 Å². The van der Waals surface area contributed by atoms with E-state index in [1.54, 1.807) is 0 Å². The summed E-state index contributed by atoms with van der Waals surface area (Å²) < 4.78 is 4.65. The first-order chi connectivity index (χ1) is 12.2. The molecule has 2 rings (SSSR count). The molecule has 6 heteroatoms. The van der Waals surface area contributed by atoms with Gasteiger partial charge in [-0.1, -0.05) is 30.3 Å². The molecule has 0 radical (unpaired) electrons. The highest BCUT2D eigenvalue weighted by molar-refractivity contribution is 5.80. The second-order valence-corrected chi connectivity index (χ2v) is 6.27. The van der Waals surface area contributed by atoms with Crippen LogP contribution in [-0.4, -0.2) is 56.2 Å². The van der Waals surface area contributed by atoms with E-state index in [1.165, 1.54) is 12.7 Å². The summed E-state index contributed by atoms with van der Waals surface area (Å²) in [5.74, 6) is 0.557. The van der Waals surface area contributed by atoms with E-state index in [9.17, 15) is 4.79 Å². The number of nitrogens with zero attached hydrogens (tertiary/aromatic N) is 2. The largest absolute Gasteiger partial charge is 0.469 e. The SMILES string of the molecule is CCNC(=NCCC(=O)OC)NC1CCN(Cc2ccccc2)CC1. The summed E-state index contributed by atoms with van der Waals surface area (Å²) in [5.41, 5.74) is 1.37. The molecule has 138 valence electrons. The number of hydrogen-bond acceptors (Lipinski definition) is 4. The average Bonchev–Trinajstić information content (AvgIpc) is 2.64. The molecule has 0 spiro atoms. The topological polar surface area (TPSA) is 66.0 Å². The minimum atomic E-state index is -0.228. The van der Waals surface area contributed by atoms with Crippen LogP contribution in [0.15, 0.2) is 35.3 Å². The fourth-order valence-corrected chi connectivity index (χ4v) is 2.95. The van der Waals surface area contributed by atoms with Gasteiger partial charge in [0.25, 0.3) is 0 Å². The summed E-state index contributed by atoms with van der Waals surface area (Å²) in [6, 6.07) is 11.0. The molecule has 0 saturated carbocycles. The molecule has 6 nitrogen and oxygen atoms in total. The van der Waals surface area contributed by atoms with E-state index in [2.05, 4.69) is 55.6 Å².